The van der Waals surface area contributed by atoms with Crippen LogP contribution in [-0.2, 0) is 0 Å². The van der Waals surface area contributed by atoms with Crippen molar-refractivity contribution in [2.24, 2.45) is 22.7 Å². The molecule has 3 N–H and O–H groups in total. The zero-order valence-corrected chi connectivity index (χ0v) is 12.8. The first-order valence-electron chi connectivity index (χ1n) is 7.66. The molecular weight excluding hydrogens is 240 g/mol. The van der Waals surface area contributed by atoms with Crippen molar-refractivity contribution in [2.75, 3.05) is 6.61 Å². The lowest BCUT2D eigenvalue weighted by Gasteiger charge is -2.62. The molecule has 3 heteroatoms. The average molecular weight is 270 g/mol. The second-order valence-electron chi connectivity index (χ2n) is 8.02. The lowest BCUT2D eigenvalue weighted by Crippen LogP contribution is -2.61. The maximum absolute atomic E-state index is 10.7. The van der Waals surface area contributed by atoms with Gasteiger partial charge in [0.15, 0.2) is 0 Å². The molecule has 0 bridgehead atoms. The van der Waals surface area contributed by atoms with Crippen molar-refractivity contribution in [2.45, 2.75) is 71.5 Å². The third-order valence-corrected chi connectivity index (χ3v) is 6.17. The number of rotatable bonds is 2. The summed E-state index contributed by atoms with van der Waals surface area (Å²) in [6.45, 7) is 8.42. The van der Waals surface area contributed by atoms with Crippen LogP contribution in [0.1, 0.15) is 59.8 Å². The predicted molar refractivity (Wildman–Crippen MR) is 75.7 cm³/mol. The average Bonchev–Trinajstić information content (AvgIpc) is 2.25. The number of hydrogen-bond acceptors (Lipinski definition) is 3. The smallest absolute Gasteiger partial charge is 0.0831 e. The van der Waals surface area contributed by atoms with Gasteiger partial charge < -0.3 is 15.3 Å². The van der Waals surface area contributed by atoms with Gasteiger partial charge >= 0.3 is 0 Å². The van der Waals surface area contributed by atoms with Crippen LogP contribution in [0.15, 0.2) is 0 Å². The molecule has 0 aromatic heterocycles. The minimum absolute atomic E-state index is 0.0777. The molecule has 2 aliphatic rings. The fraction of sp³-hybridized carbons (Fsp3) is 1.00. The highest BCUT2D eigenvalue weighted by atomic mass is 16.3. The maximum atomic E-state index is 10.7. The minimum Gasteiger partial charge on any atom is -0.394 e. The van der Waals surface area contributed by atoms with Gasteiger partial charge in [-0.15, -0.1) is 0 Å². The van der Waals surface area contributed by atoms with Crippen LogP contribution in [0, 0.1) is 22.7 Å². The molecule has 0 aliphatic heterocycles. The Hall–Kier alpha value is -0.120. The molecule has 2 fully saturated rings. The molecule has 112 valence electrons. The molecule has 2 aliphatic carbocycles. The molecule has 0 saturated heterocycles. The van der Waals surface area contributed by atoms with Gasteiger partial charge in [0.1, 0.15) is 0 Å². The van der Waals surface area contributed by atoms with E-state index in [2.05, 4.69) is 20.8 Å². The zero-order valence-electron chi connectivity index (χ0n) is 12.8. The summed E-state index contributed by atoms with van der Waals surface area (Å²) in [4.78, 5) is 0. The van der Waals surface area contributed by atoms with Gasteiger partial charge in [-0.25, -0.2) is 0 Å². The Kier molecular flexibility index (Phi) is 3.79. The van der Waals surface area contributed by atoms with Crippen molar-refractivity contribution in [1.29, 1.82) is 0 Å². The van der Waals surface area contributed by atoms with Gasteiger partial charge in [-0.2, -0.15) is 0 Å². The van der Waals surface area contributed by atoms with Gasteiger partial charge in [-0.05, 0) is 49.4 Å². The molecule has 19 heavy (non-hydrogen) atoms. The summed E-state index contributed by atoms with van der Waals surface area (Å²) in [5.41, 5.74) is -0.691. The minimum atomic E-state index is -0.874. The van der Waals surface area contributed by atoms with Crippen LogP contribution < -0.4 is 0 Å². The molecule has 0 aromatic carbocycles. The quantitative estimate of drug-likeness (QED) is 0.722. The fourth-order valence-electron chi connectivity index (χ4n) is 5.52. The normalized spacial score (nSPS) is 47.5. The Morgan fingerprint density at radius 3 is 2.32 bits per heavy atom. The third kappa shape index (κ3) is 2.34. The van der Waals surface area contributed by atoms with Gasteiger partial charge in [-0.3, -0.25) is 0 Å². The SMILES string of the molecule is CC1(C)CCC[C@@]2(C)[C@H]1CC[C@@](C)(O)[C@H]2[C@H](O)CO. The Morgan fingerprint density at radius 2 is 1.74 bits per heavy atom. The van der Waals surface area contributed by atoms with E-state index in [1.165, 1.54) is 6.42 Å². The highest BCUT2D eigenvalue weighted by molar-refractivity contribution is 5.09. The van der Waals surface area contributed by atoms with Crippen molar-refractivity contribution in [3.8, 4) is 0 Å². The van der Waals surface area contributed by atoms with Crippen LogP contribution in [0.25, 0.3) is 0 Å². The van der Waals surface area contributed by atoms with Crippen LogP contribution in [0.3, 0.4) is 0 Å². The van der Waals surface area contributed by atoms with Gasteiger partial charge in [0.2, 0.25) is 0 Å². The largest absolute Gasteiger partial charge is 0.394 e. The Labute approximate surface area is 117 Å². The number of hydrogen-bond donors (Lipinski definition) is 3. The lowest BCUT2D eigenvalue weighted by molar-refractivity contribution is -0.204. The van der Waals surface area contributed by atoms with Crippen molar-refractivity contribution in [3.63, 3.8) is 0 Å². The third-order valence-electron chi connectivity index (χ3n) is 6.17. The molecule has 0 aromatic rings. The van der Waals surface area contributed by atoms with Crippen molar-refractivity contribution in [1.82, 2.24) is 0 Å². The van der Waals surface area contributed by atoms with Crippen molar-refractivity contribution in [3.05, 3.63) is 0 Å². The molecule has 0 heterocycles. The van der Waals surface area contributed by atoms with E-state index in [1.807, 2.05) is 6.92 Å². The van der Waals surface area contributed by atoms with E-state index in [9.17, 15) is 15.3 Å². The maximum Gasteiger partial charge on any atom is 0.0831 e. The van der Waals surface area contributed by atoms with Gasteiger partial charge in [0.05, 0.1) is 18.3 Å². The number of aliphatic hydroxyl groups excluding tert-OH is 2. The molecule has 0 radical (unpaired) electrons. The number of fused-ring (bicyclic) bond motifs is 1. The molecular formula is C16H30O3. The summed E-state index contributed by atoms with van der Waals surface area (Å²) >= 11 is 0. The summed E-state index contributed by atoms with van der Waals surface area (Å²) in [6, 6.07) is 0. The van der Waals surface area contributed by atoms with Crippen LogP contribution in [0.5, 0.6) is 0 Å². The van der Waals surface area contributed by atoms with Crippen LogP contribution in [0.2, 0.25) is 0 Å². The van der Waals surface area contributed by atoms with E-state index >= 15 is 0 Å². The van der Waals surface area contributed by atoms with E-state index in [0.717, 1.165) is 25.7 Å². The second-order valence-corrected chi connectivity index (χ2v) is 8.02. The Bertz CT molecular complexity index is 337. The zero-order chi connectivity index (χ0) is 14.5. The first-order valence-corrected chi connectivity index (χ1v) is 7.66. The van der Waals surface area contributed by atoms with Gasteiger partial charge in [0, 0.05) is 5.92 Å². The standard InChI is InChI=1S/C16H30O3/c1-14(2)7-5-8-15(3)12(14)6-9-16(4,19)13(15)11(18)10-17/h11-13,17-19H,5-10H2,1-4H3/t11-,12+,13+,15+,16-/m1/s1. The van der Waals surface area contributed by atoms with E-state index in [-0.39, 0.29) is 23.4 Å². The molecule has 2 saturated carbocycles. The first kappa shape index (κ1) is 15.3. The summed E-state index contributed by atoms with van der Waals surface area (Å²) in [5.74, 6) is 0.281. The molecule has 0 spiro atoms. The Balaban J connectivity index is 2.41. The summed E-state index contributed by atoms with van der Waals surface area (Å²) in [5, 5.41) is 30.4. The summed E-state index contributed by atoms with van der Waals surface area (Å²) < 4.78 is 0. The Morgan fingerprint density at radius 1 is 1.11 bits per heavy atom. The van der Waals surface area contributed by atoms with Gasteiger partial charge in [-0.1, -0.05) is 27.2 Å². The van der Waals surface area contributed by atoms with Crippen molar-refractivity contribution >= 4 is 0 Å². The molecule has 3 nitrogen and oxygen atoms in total. The molecule has 0 unspecified atom stereocenters. The predicted octanol–water partition coefficient (Wildman–Crippen LogP) is 2.33. The number of aliphatic hydroxyl groups is 3. The molecule has 2 rings (SSSR count). The second kappa shape index (κ2) is 4.71. The highest BCUT2D eigenvalue weighted by Crippen LogP contribution is 2.62. The van der Waals surface area contributed by atoms with E-state index < -0.39 is 11.7 Å². The van der Waals surface area contributed by atoms with E-state index in [1.54, 1.807) is 0 Å². The topological polar surface area (TPSA) is 60.7 Å². The van der Waals surface area contributed by atoms with E-state index in [4.69, 9.17) is 0 Å². The summed E-state index contributed by atoms with van der Waals surface area (Å²) in [7, 11) is 0. The molecule has 5 atom stereocenters. The lowest BCUT2D eigenvalue weighted by atomic mass is 9.45. The van der Waals surface area contributed by atoms with Crippen LogP contribution in [0.4, 0.5) is 0 Å². The highest BCUT2D eigenvalue weighted by Gasteiger charge is 2.59. The van der Waals surface area contributed by atoms with Crippen LogP contribution in [-0.4, -0.2) is 33.6 Å². The monoisotopic (exact) mass is 270 g/mol. The first-order chi connectivity index (χ1) is 8.65. The fourth-order valence-corrected chi connectivity index (χ4v) is 5.52. The van der Waals surface area contributed by atoms with Crippen LogP contribution >= 0.6 is 0 Å². The molecule has 0 amide bonds. The van der Waals surface area contributed by atoms with E-state index in [0.29, 0.717) is 5.92 Å². The summed E-state index contributed by atoms with van der Waals surface area (Å²) in [6.07, 6.45) is 4.32. The van der Waals surface area contributed by atoms with Crippen molar-refractivity contribution < 1.29 is 15.3 Å². The van der Waals surface area contributed by atoms with Gasteiger partial charge in [0.25, 0.3) is 0 Å².